The van der Waals surface area contributed by atoms with E-state index in [2.05, 4.69) is 21.8 Å². The first-order valence-electron chi connectivity index (χ1n) is 6.07. The van der Waals surface area contributed by atoms with Crippen LogP contribution < -0.4 is 0 Å². The quantitative estimate of drug-likeness (QED) is 0.418. The number of alkyl halides is 3. The molecule has 3 rings (SSSR count). The van der Waals surface area contributed by atoms with Crippen molar-refractivity contribution in [1.82, 2.24) is 19.6 Å². The molecule has 0 saturated carbocycles. The number of halogens is 4. The number of hydrogen-bond acceptors (Lipinski definition) is 4. The zero-order chi connectivity index (χ0) is 15.9. The highest BCUT2D eigenvalue weighted by molar-refractivity contribution is 7.99. The van der Waals surface area contributed by atoms with E-state index >= 15 is 0 Å². The first-order chi connectivity index (χ1) is 10.4. The van der Waals surface area contributed by atoms with Gasteiger partial charge in [-0.15, -0.1) is 16.8 Å². The third-order valence-corrected chi connectivity index (χ3v) is 3.80. The number of nitrogens with zero attached hydrogens (tertiary/aromatic N) is 4. The van der Waals surface area contributed by atoms with Gasteiger partial charge in [0.15, 0.2) is 5.65 Å². The number of thioether (sulfide) groups is 1. The van der Waals surface area contributed by atoms with E-state index in [1.807, 2.05) is 0 Å². The maximum Gasteiger partial charge on any atom is 0.452 e. The fourth-order valence-electron chi connectivity index (χ4n) is 2.00. The Kier molecular flexibility index (Phi) is 3.51. The molecule has 114 valence electrons. The molecule has 0 atom stereocenters. The largest absolute Gasteiger partial charge is 0.452 e. The Morgan fingerprint density at radius 2 is 2.05 bits per heavy atom. The molecule has 2 heterocycles. The molecule has 0 aliphatic rings. The minimum atomic E-state index is -4.71. The number of fused-ring (bicyclic) bond motifs is 3. The van der Waals surface area contributed by atoms with Crippen LogP contribution in [0.3, 0.4) is 0 Å². The molecule has 1 aromatic carbocycles. The van der Waals surface area contributed by atoms with Crippen LogP contribution in [0.1, 0.15) is 5.82 Å². The van der Waals surface area contributed by atoms with Crippen LogP contribution in [0.5, 0.6) is 0 Å². The Morgan fingerprint density at radius 3 is 2.73 bits per heavy atom. The summed E-state index contributed by atoms with van der Waals surface area (Å²) in [5.41, 5.74) is 0.137. The Bertz CT molecular complexity index is 872. The Hall–Kier alpha value is -2.16. The van der Waals surface area contributed by atoms with Crippen LogP contribution in [0, 0.1) is 5.82 Å². The molecule has 0 aliphatic heterocycles. The summed E-state index contributed by atoms with van der Waals surface area (Å²) < 4.78 is 53.5. The van der Waals surface area contributed by atoms with E-state index < -0.39 is 17.8 Å². The average molecular weight is 328 g/mol. The van der Waals surface area contributed by atoms with Crippen molar-refractivity contribution < 1.29 is 17.6 Å². The van der Waals surface area contributed by atoms with Crippen molar-refractivity contribution in [3.05, 3.63) is 42.5 Å². The molecule has 0 aliphatic carbocycles. The van der Waals surface area contributed by atoms with Crippen LogP contribution in [-0.4, -0.2) is 25.3 Å². The minimum Gasteiger partial charge on any atom is -0.267 e. The standard InChI is InChI=1S/C13H8F4N4S/c1-2-5-22-11-10-19-20-12(13(15,16)17)21(10)9-6-7(14)3-4-8(9)18-11/h2-4,6H,1,5H2. The molecule has 4 nitrogen and oxygen atoms in total. The van der Waals surface area contributed by atoms with Gasteiger partial charge < -0.3 is 0 Å². The maximum absolute atomic E-state index is 13.4. The van der Waals surface area contributed by atoms with E-state index in [1.165, 1.54) is 17.8 Å². The molecule has 0 spiro atoms. The molecule has 2 aromatic heterocycles. The van der Waals surface area contributed by atoms with Gasteiger partial charge in [-0.2, -0.15) is 13.2 Å². The summed E-state index contributed by atoms with van der Waals surface area (Å²) in [7, 11) is 0. The molecule has 9 heteroatoms. The second-order valence-electron chi connectivity index (χ2n) is 4.33. The lowest BCUT2D eigenvalue weighted by atomic mass is 10.3. The summed E-state index contributed by atoms with van der Waals surface area (Å²) in [6.45, 7) is 3.55. The molecule has 0 amide bonds. The van der Waals surface area contributed by atoms with Crippen LogP contribution >= 0.6 is 11.8 Å². The van der Waals surface area contributed by atoms with Gasteiger partial charge in [-0.25, -0.2) is 9.37 Å². The minimum absolute atomic E-state index is 0.0321. The normalized spacial score (nSPS) is 12.2. The fourth-order valence-corrected chi connectivity index (χ4v) is 2.70. The van der Waals surface area contributed by atoms with Crippen molar-refractivity contribution in [2.24, 2.45) is 0 Å². The Balaban J connectivity index is 2.41. The van der Waals surface area contributed by atoms with Crippen molar-refractivity contribution in [2.75, 3.05) is 5.75 Å². The maximum atomic E-state index is 13.4. The SMILES string of the molecule is C=CCSc1nc2ccc(F)cc2n2c(C(F)(F)F)nnc12. The second-order valence-corrected chi connectivity index (χ2v) is 5.34. The van der Waals surface area contributed by atoms with E-state index in [9.17, 15) is 17.6 Å². The predicted octanol–water partition coefficient (Wildman–Crippen LogP) is 3.71. The number of hydrogen-bond donors (Lipinski definition) is 0. The topological polar surface area (TPSA) is 43.1 Å². The number of benzene rings is 1. The van der Waals surface area contributed by atoms with Crippen molar-refractivity contribution in [2.45, 2.75) is 11.2 Å². The van der Waals surface area contributed by atoms with E-state index in [1.54, 1.807) is 6.08 Å². The van der Waals surface area contributed by atoms with E-state index in [4.69, 9.17) is 0 Å². The monoisotopic (exact) mass is 328 g/mol. The van der Waals surface area contributed by atoms with Crippen molar-refractivity contribution in [1.29, 1.82) is 0 Å². The fraction of sp³-hybridized carbons (Fsp3) is 0.154. The Morgan fingerprint density at radius 1 is 1.27 bits per heavy atom. The number of rotatable bonds is 3. The summed E-state index contributed by atoms with van der Waals surface area (Å²) in [4.78, 5) is 4.24. The molecule has 3 aromatic rings. The van der Waals surface area contributed by atoms with E-state index in [0.29, 0.717) is 5.75 Å². The van der Waals surface area contributed by atoms with Gasteiger partial charge in [0.2, 0.25) is 5.82 Å². The van der Waals surface area contributed by atoms with Gasteiger partial charge in [0.1, 0.15) is 10.8 Å². The van der Waals surface area contributed by atoms with E-state index in [0.717, 1.165) is 16.5 Å². The summed E-state index contributed by atoms with van der Waals surface area (Å²) in [5.74, 6) is -1.42. The molecule has 0 radical (unpaired) electrons. The average Bonchev–Trinajstić information content (AvgIpc) is 2.90. The third-order valence-electron chi connectivity index (χ3n) is 2.85. The summed E-state index contributed by atoms with van der Waals surface area (Å²) in [5, 5.41) is 7.05. The molecular formula is C13H8F4N4S. The molecule has 0 N–H and O–H groups in total. The smallest absolute Gasteiger partial charge is 0.267 e. The van der Waals surface area contributed by atoms with Crippen LogP contribution in [0.4, 0.5) is 17.6 Å². The molecule has 0 unspecified atom stereocenters. The third kappa shape index (κ3) is 2.41. The van der Waals surface area contributed by atoms with Gasteiger partial charge >= 0.3 is 6.18 Å². The molecule has 0 bridgehead atoms. The molecular weight excluding hydrogens is 320 g/mol. The highest BCUT2D eigenvalue weighted by atomic mass is 32.2. The first-order valence-corrected chi connectivity index (χ1v) is 7.05. The van der Waals surface area contributed by atoms with E-state index in [-0.39, 0.29) is 21.7 Å². The summed E-state index contributed by atoms with van der Waals surface area (Å²) in [6, 6.07) is 3.44. The van der Waals surface area contributed by atoms with Crippen LogP contribution in [-0.2, 0) is 6.18 Å². The first kappa shape index (κ1) is 14.8. The van der Waals surface area contributed by atoms with Crippen molar-refractivity contribution in [3.8, 4) is 0 Å². The van der Waals surface area contributed by atoms with Crippen LogP contribution in [0.25, 0.3) is 16.7 Å². The van der Waals surface area contributed by atoms with Gasteiger partial charge in [-0.05, 0) is 12.1 Å². The van der Waals surface area contributed by atoms with Gasteiger partial charge in [0.25, 0.3) is 0 Å². The second kappa shape index (κ2) is 5.24. The summed E-state index contributed by atoms with van der Waals surface area (Å²) in [6.07, 6.45) is -3.11. The molecule has 0 saturated heterocycles. The van der Waals surface area contributed by atoms with Crippen molar-refractivity contribution in [3.63, 3.8) is 0 Å². The zero-order valence-corrected chi connectivity index (χ0v) is 11.7. The molecule has 0 fully saturated rings. The van der Waals surface area contributed by atoms with Gasteiger partial charge in [-0.1, -0.05) is 17.8 Å². The zero-order valence-electron chi connectivity index (χ0n) is 10.9. The predicted molar refractivity (Wildman–Crippen MR) is 74.2 cm³/mol. The van der Waals surface area contributed by atoms with Crippen LogP contribution in [0.2, 0.25) is 0 Å². The van der Waals surface area contributed by atoms with Crippen molar-refractivity contribution >= 4 is 28.4 Å². The lowest BCUT2D eigenvalue weighted by Crippen LogP contribution is -2.12. The van der Waals surface area contributed by atoms with Crippen LogP contribution in [0.15, 0.2) is 35.9 Å². The molecule has 22 heavy (non-hydrogen) atoms. The lowest BCUT2D eigenvalue weighted by molar-refractivity contribution is -0.145. The Labute approximate surface area is 125 Å². The lowest BCUT2D eigenvalue weighted by Gasteiger charge is -2.09. The highest BCUT2D eigenvalue weighted by Gasteiger charge is 2.38. The van der Waals surface area contributed by atoms with Gasteiger partial charge in [0.05, 0.1) is 11.0 Å². The summed E-state index contributed by atoms with van der Waals surface area (Å²) >= 11 is 1.18. The van der Waals surface area contributed by atoms with Gasteiger partial charge in [0, 0.05) is 11.8 Å². The highest BCUT2D eigenvalue weighted by Crippen LogP contribution is 2.32. The van der Waals surface area contributed by atoms with Gasteiger partial charge in [-0.3, -0.25) is 4.40 Å². The number of aromatic nitrogens is 4.